The summed E-state index contributed by atoms with van der Waals surface area (Å²) in [6.45, 7) is 1.82. The minimum absolute atomic E-state index is 0.0259. The standard InChI is InChI=1S/C11H16N2O4S/c1-8-3-5-9(6-4-8)18(15,16)11(12,13)7-10(14)17-2/h3-6H,7,12-13H2,1-2H3. The summed E-state index contributed by atoms with van der Waals surface area (Å²) in [5, 5.41) is 0. The van der Waals surface area contributed by atoms with Crippen molar-refractivity contribution in [2.24, 2.45) is 11.5 Å². The molecule has 0 saturated carbocycles. The Hall–Kier alpha value is -1.44. The molecule has 0 saturated heterocycles. The maximum atomic E-state index is 12.2. The second-order valence-electron chi connectivity index (χ2n) is 4.02. The lowest BCUT2D eigenvalue weighted by atomic mass is 10.2. The van der Waals surface area contributed by atoms with Gasteiger partial charge in [0.25, 0.3) is 0 Å². The van der Waals surface area contributed by atoms with Crippen LogP contribution in [0.5, 0.6) is 0 Å². The van der Waals surface area contributed by atoms with E-state index in [1.165, 1.54) is 12.1 Å². The van der Waals surface area contributed by atoms with Crippen LogP contribution in [0.15, 0.2) is 29.2 Å². The number of carbonyl (C=O) groups is 1. The van der Waals surface area contributed by atoms with Gasteiger partial charge in [-0.1, -0.05) is 17.7 Å². The van der Waals surface area contributed by atoms with Crippen LogP contribution in [0.4, 0.5) is 0 Å². The average molecular weight is 272 g/mol. The predicted molar refractivity (Wildman–Crippen MR) is 66.1 cm³/mol. The van der Waals surface area contributed by atoms with E-state index in [1.54, 1.807) is 12.1 Å². The predicted octanol–water partition coefficient (Wildman–Crippen LogP) is -0.0970. The number of sulfone groups is 1. The fraction of sp³-hybridized carbons (Fsp3) is 0.364. The summed E-state index contributed by atoms with van der Waals surface area (Å²) in [5.41, 5.74) is 12.0. The van der Waals surface area contributed by atoms with Crippen molar-refractivity contribution in [3.05, 3.63) is 29.8 Å². The molecule has 1 rings (SSSR count). The zero-order valence-electron chi connectivity index (χ0n) is 10.2. The van der Waals surface area contributed by atoms with Gasteiger partial charge in [0.1, 0.15) is 0 Å². The zero-order valence-corrected chi connectivity index (χ0v) is 11.0. The van der Waals surface area contributed by atoms with E-state index in [0.29, 0.717) is 0 Å². The quantitative estimate of drug-likeness (QED) is 0.584. The van der Waals surface area contributed by atoms with E-state index in [2.05, 4.69) is 4.74 Å². The van der Waals surface area contributed by atoms with Gasteiger partial charge in [0, 0.05) is 0 Å². The van der Waals surface area contributed by atoms with Crippen LogP contribution in [-0.2, 0) is 19.4 Å². The largest absolute Gasteiger partial charge is 0.469 e. The lowest BCUT2D eigenvalue weighted by molar-refractivity contribution is -0.141. The summed E-state index contributed by atoms with van der Waals surface area (Å²) >= 11 is 0. The Kier molecular flexibility index (Phi) is 4.10. The van der Waals surface area contributed by atoms with Crippen LogP contribution in [0.3, 0.4) is 0 Å². The Morgan fingerprint density at radius 2 is 1.78 bits per heavy atom. The fourth-order valence-electron chi connectivity index (χ4n) is 1.33. The SMILES string of the molecule is COC(=O)CC(N)(N)S(=O)(=O)c1ccc(C)cc1. The molecule has 0 heterocycles. The molecule has 0 aliphatic heterocycles. The van der Waals surface area contributed by atoms with Crippen LogP contribution in [0.2, 0.25) is 0 Å². The maximum absolute atomic E-state index is 12.2. The first-order chi connectivity index (χ1) is 8.20. The van der Waals surface area contributed by atoms with Gasteiger partial charge in [-0.2, -0.15) is 0 Å². The number of hydrogen-bond acceptors (Lipinski definition) is 6. The van der Waals surface area contributed by atoms with Crippen LogP contribution in [0, 0.1) is 6.92 Å². The lowest BCUT2D eigenvalue weighted by Crippen LogP contribution is -2.57. The monoisotopic (exact) mass is 272 g/mol. The lowest BCUT2D eigenvalue weighted by Gasteiger charge is -2.23. The van der Waals surface area contributed by atoms with Crippen LogP contribution < -0.4 is 11.5 Å². The van der Waals surface area contributed by atoms with Gasteiger partial charge in [-0.25, -0.2) is 8.42 Å². The summed E-state index contributed by atoms with van der Waals surface area (Å²) in [4.78, 5) is 8.90. The molecule has 18 heavy (non-hydrogen) atoms. The smallest absolute Gasteiger partial charge is 0.309 e. The molecule has 0 aromatic heterocycles. The van der Waals surface area contributed by atoms with E-state index in [0.717, 1.165) is 12.7 Å². The van der Waals surface area contributed by atoms with Crippen molar-refractivity contribution in [2.45, 2.75) is 23.2 Å². The third-order valence-electron chi connectivity index (χ3n) is 2.48. The first-order valence-corrected chi connectivity index (χ1v) is 6.65. The molecule has 0 atom stereocenters. The first kappa shape index (κ1) is 14.6. The molecule has 7 heteroatoms. The van der Waals surface area contributed by atoms with Crippen LogP contribution >= 0.6 is 0 Å². The molecule has 6 nitrogen and oxygen atoms in total. The zero-order chi connectivity index (χ0) is 14.0. The van der Waals surface area contributed by atoms with Crippen molar-refractivity contribution in [1.82, 2.24) is 0 Å². The number of ether oxygens (including phenoxy) is 1. The molecule has 0 spiro atoms. The molecule has 1 aromatic rings. The highest BCUT2D eigenvalue weighted by atomic mass is 32.2. The molecule has 0 aliphatic carbocycles. The third-order valence-corrected chi connectivity index (χ3v) is 4.52. The summed E-state index contributed by atoms with van der Waals surface area (Å²) < 4.78 is 28.7. The van der Waals surface area contributed by atoms with Gasteiger partial charge < -0.3 is 4.74 Å². The van der Waals surface area contributed by atoms with E-state index < -0.39 is 27.2 Å². The van der Waals surface area contributed by atoms with Crippen LogP contribution in [0.1, 0.15) is 12.0 Å². The van der Waals surface area contributed by atoms with Crippen molar-refractivity contribution in [1.29, 1.82) is 0 Å². The van der Waals surface area contributed by atoms with E-state index in [-0.39, 0.29) is 4.90 Å². The highest BCUT2D eigenvalue weighted by Gasteiger charge is 2.39. The Bertz CT molecular complexity index is 535. The Labute approximate surface area is 106 Å². The van der Waals surface area contributed by atoms with Crippen molar-refractivity contribution in [3.63, 3.8) is 0 Å². The minimum atomic E-state index is -4.01. The molecule has 0 aliphatic rings. The Balaban J connectivity index is 3.13. The van der Waals surface area contributed by atoms with Crippen molar-refractivity contribution in [2.75, 3.05) is 7.11 Å². The van der Waals surface area contributed by atoms with Gasteiger partial charge in [-0.3, -0.25) is 16.3 Å². The molecule has 1 aromatic carbocycles. The number of hydrogen-bond donors (Lipinski definition) is 2. The highest BCUT2D eigenvalue weighted by molar-refractivity contribution is 7.92. The molecule has 4 N–H and O–H groups in total. The number of esters is 1. The molecular weight excluding hydrogens is 256 g/mol. The second-order valence-corrected chi connectivity index (χ2v) is 6.26. The highest BCUT2D eigenvalue weighted by Crippen LogP contribution is 2.21. The van der Waals surface area contributed by atoms with Crippen molar-refractivity contribution >= 4 is 15.8 Å². The molecule has 0 fully saturated rings. The number of carbonyl (C=O) groups excluding carboxylic acids is 1. The summed E-state index contributed by atoms with van der Waals surface area (Å²) in [6, 6.07) is 6.05. The van der Waals surface area contributed by atoms with Crippen molar-refractivity contribution in [3.8, 4) is 0 Å². The van der Waals surface area contributed by atoms with E-state index in [1.807, 2.05) is 6.92 Å². The van der Waals surface area contributed by atoms with Crippen LogP contribution in [0.25, 0.3) is 0 Å². The van der Waals surface area contributed by atoms with Gasteiger partial charge in [-0.05, 0) is 19.1 Å². The van der Waals surface area contributed by atoms with Crippen LogP contribution in [-0.4, -0.2) is 26.5 Å². The van der Waals surface area contributed by atoms with Gasteiger partial charge in [0.2, 0.25) is 9.84 Å². The third kappa shape index (κ3) is 2.87. The van der Waals surface area contributed by atoms with E-state index in [4.69, 9.17) is 11.5 Å². The fourth-order valence-corrected chi connectivity index (χ4v) is 2.57. The molecule has 0 bridgehead atoms. The summed E-state index contributed by atoms with van der Waals surface area (Å²) in [6.07, 6.45) is -0.611. The summed E-state index contributed by atoms with van der Waals surface area (Å²) in [7, 11) is -2.87. The van der Waals surface area contributed by atoms with E-state index in [9.17, 15) is 13.2 Å². The average Bonchev–Trinajstić information content (AvgIpc) is 2.28. The molecule has 0 amide bonds. The topological polar surface area (TPSA) is 112 Å². The molecule has 0 radical (unpaired) electrons. The molecule has 100 valence electrons. The molecule has 0 unspecified atom stereocenters. The minimum Gasteiger partial charge on any atom is -0.469 e. The Morgan fingerprint density at radius 3 is 2.22 bits per heavy atom. The maximum Gasteiger partial charge on any atom is 0.309 e. The van der Waals surface area contributed by atoms with Crippen molar-refractivity contribution < 1.29 is 17.9 Å². The molecular formula is C11H16N2O4S. The number of methoxy groups -OCH3 is 1. The van der Waals surface area contributed by atoms with E-state index >= 15 is 0 Å². The number of benzene rings is 1. The van der Waals surface area contributed by atoms with Gasteiger partial charge >= 0.3 is 5.97 Å². The first-order valence-electron chi connectivity index (χ1n) is 5.16. The number of aryl methyl sites for hydroxylation is 1. The van der Waals surface area contributed by atoms with Gasteiger partial charge in [0.05, 0.1) is 18.4 Å². The second kappa shape index (κ2) is 5.05. The number of nitrogens with two attached hydrogens (primary N) is 2. The Morgan fingerprint density at radius 1 is 1.28 bits per heavy atom. The van der Waals surface area contributed by atoms with Gasteiger partial charge in [0.15, 0.2) is 4.99 Å². The summed E-state index contributed by atoms with van der Waals surface area (Å²) in [5.74, 6) is -0.782. The number of rotatable bonds is 4. The van der Waals surface area contributed by atoms with Gasteiger partial charge in [-0.15, -0.1) is 0 Å². The normalized spacial score (nSPS) is 12.2.